The molecule has 1 aliphatic carbocycles. The molecule has 2 fully saturated rings. The molecule has 4 nitrogen and oxygen atoms in total. The van der Waals surface area contributed by atoms with Crippen LogP contribution in [0.4, 0.5) is 0 Å². The molecule has 1 aromatic heterocycles. The number of fused-ring (bicyclic) bond motifs is 1. The zero-order valence-corrected chi connectivity index (χ0v) is 11.4. The van der Waals surface area contributed by atoms with Crippen LogP contribution in [0.3, 0.4) is 0 Å². The van der Waals surface area contributed by atoms with Gasteiger partial charge in [-0.3, -0.25) is 4.79 Å². The maximum atomic E-state index is 12.2. The molecule has 0 aromatic carbocycles. The minimum atomic E-state index is -0.0100. The third-order valence-electron chi connectivity index (χ3n) is 4.41. The summed E-state index contributed by atoms with van der Waals surface area (Å²) < 4.78 is 5.46. The van der Waals surface area contributed by atoms with Crippen molar-refractivity contribution in [3.05, 3.63) is 23.7 Å². The van der Waals surface area contributed by atoms with Crippen molar-refractivity contribution in [3.63, 3.8) is 0 Å². The van der Waals surface area contributed by atoms with E-state index in [1.54, 1.807) is 0 Å². The van der Waals surface area contributed by atoms with E-state index >= 15 is 0 Å². The van der Waals surface area contributed by atoms with Crippen molar-refractivity contribution in [3.8, 4) is 0 Å². The van der Waals surface area contributed by atoms with Crippen molar-refractivity contribution in [2.24, 2.45) is 5.92 Å². The molecule has 1 aromatic rings. The molecule has 104 valence electrons. The number of furan rings is 1. The molecule has 1 saturated heterocycles. The smallest absolute Gasteiger partial charge is 0.237 e. The Hall–Kier alpha value is -1.29. The minimum Gasteiger partial charge on any atom is -0.465 e. The largest absolute Gasteiger partial charge is 0.465 e. The summed E-state index contributed by atoms with van der Waals surface area (Å²) in [5.41, 5.74) is 0. The fourth-order valence-electron chi connectivity index (χ4n) is 3.40. The molecule has 1 saturated carbocycles. The highest BCUT2D eigenvalue weighted by atomic mass is 16.3. The van der Waals surface area contributed by atoms with Gasteiger partial charge in [-0.1, -0.05) is 12.8 Å². The lowest BCUT2D eigenvalue weighted by Crippen LogP contribution is -2.42. The van der Waals surface area contributed by atoms with E-state index in [-0.39, 0.29) is 11.9 Å². The number of aryl methyl sites for hydroxylation is 1. The highest BCUT2D eigenvalue weighted by Gasteiger charge is 2.37. The molecule has 0 spiro atoms. The first-order valence-electron chi connectivity index (χ1n) is 7.31. The number of carbonyl (C=O) groups excluding carboxylic acids is 1. The normalized spacial score (nSPS) is 30.1. The van der Waals surface area contributed by atoms with Crippen LogP contribution in [-0.2, 0) is 11.3 Å². The fraction of sp³-hybridized carbons (Fsp3) is 0.667. The highest BCUT2D eigenvalue weighted by Crippen LogP contribution is 2.33. The van der Waals surface area contributed by atoms with Gasteiger partial charge in [0.15, 0.2) is 0 Å². The van der Waals surface area contributed by atoms with Gasteiger partial charge in [0.25, 0.3) is 0 Å². The number of amides is 1. The number of carbonyl (C=O) groups is 1. The molecule has 3 rings (SSSR count). The summed E-state index contributed by atoms with van der Waals surface area (Å²) in [6.07, 6.45) is 6.12. The van der Waals surface area contributed by atoms with Gasteiger partial charge in [0.2, 0.25) is 5.91 Å². The zero-order valence-electron chi connectivity index (χ0n) is 11.4. The van der Waals surface area contributed by atoms with Gasteiger partial charge in [-0.05, 0) is 44.2 Å². The second kappa shape index (κ2) is 5.37. The van der Waals surface area contributed by atoms with Crippen LogP contribution < -0.4 is 10.6 Å². The number of nitrogens with one attached hydrogen (secondary N) is 2. The first kappa shape index (κ1) is 12.7. The van der Waals surface area contributed by atoms with Gasteiger partial charge >= 0.3 is 0 Å². The lowest BCUT2D eigenvalue weighted by molar-refractivity contribution is -0.123. The van der Waals surface area contributed by atoms with Gasteiger partial charge < -0.3 is 15.1 Å². The fourth-order valence-corrected chi connectivity index (χ4v) is 3.40. The first-order chi connectivity index (χ1) is 9.22. The van der Waals surface area contributed by atoms with Crippen LogP contribution in [0.25, 0.3) is 0 Å². The predicted molar refractivity (Wildman–Crippen MR) is 72.6 cm³/mol. The standard InChI is InChI=1S/C15H22N2O2/c1-10-6-7-12(19-10)9-16-15(18)14-8-11-4-2-3-5-13(11)17-14/h6-7,11,13-14,17H,2-5,8-9H2,1H3,(H,16,18). The van der Waals surface area contributed by atoms with E-state index in [0.717, 1.165) is 17.9 Å². The molecule has 3 unspecified atom stereocenters. The average molecular weight is 262 g/mol. The quantitative estimate of drug-likeness (QED) is 0.877. The zero-order chi connectivity index (χ0) is 13.2. The predicted octanol–water partition coefficient (Wildman–Crippen LogP) is 2.12. The van der Waals surface area contributed by atoms with Crippen LogP contribution in [0.5, 0.6) is 0 Å². The molecule has 4 heteroatoms. The Morgan fingerprint density at radius 2 is 2.26 bits per heavy atom. The van der Waals surface area contributed by atoms with Crippen molar-refractivity contribution >= 4 is 5.91 Å². The maximum Gasteiger partial charge on any atom is 0.237 e. The van der Waals surface area contributed by atoms with E-state index in [9.17, 15) is 4.79 Å². The van der Waals surface area contributed by atoms with Crippen molar-refractivity contribution in [1.82, 2.24) is 10.6 Å². The summed E-state index contributed by atoms with van der Waals surface area (Å²) >= 11 is 0. The van der Waals surface area contributed by atoms with Crippen molar-refractivity contribution in [2.75, 3.05) is 0 Å². The third kappa shape index (κ3) is 2.84. The lowest BCUT2D eigenvalue weighted by atomic mass is 9.85. The second-order valence-corrected chi connectivity index (χ2v) is 5.84. The van der Waals surface area contributed by atoms with Crippen LogP contribution in [-0.4, -0.2) is 18.0 Å². The van der Waals surface area contributed by atoms with E-state index < -0.39 is 0 Å². The van der Waals surface area contributed by atoms with Crippen molar-refractivity contribution in [2.45, 2.75) is 57.7 Å². The van der Waals surface area contributed by atoms with E-state index in [4.69, 9.17) is 4.42 Å². The summed E-state index contributed by atoms with van der Waals surface area (Å²) in [6, 6.07) is 4.39. The highest BCUT2D eigenvalue weighted by molar-refractivity contribution is 5.82. The van der Waals surface area contributed by atoms with Gasteiger partial charge in [0, 0.05) is 6.04 Å². The summed E-state index contributed by atoms with van der Waals surface area (Å²) in [7, 11) is 0. The van der Waals surface area contributed by atoms with E-state index in [1.807, 2.05) is 19.1 Å². The first-order valence-corrected chi connectivity index (χ1v) is 7.31. The molecule has 2 N–H and O–H groups in total. The summed E-state index contributed by atoms with van der Waals surface area (Å²) in [6.45, 7) is 2.40. The van der Waals surface area contributed by atoms with Crippen LogP contribution in [0.15, 0.2) is 16.5 Å². The molecular weight excluding hydrogens is 240 g/mol. The van der Waals surface area contributed by atoms with Gasteiger partial charge in [-0.15, -0.1) is 0 Å². The Bertz CT molecular complexity index is 441. The molecule has 0 bridgehead atoms. The number of hydrogen-bond acceptors (Lipinski definition) is 3. The molecule has 1 aliphatic heterocycles. The number of rotatable bonds is 3. The van der Waals surface area contributed by atoms with Crippen molar-refractivity contribution in [1.29, 1.82) is 0 Å². The lowest BCUT2D eigenvalue weighted by Gasteiger charge is -2.24. The minimum absolute atomic E-state index is 0.0100. The Kier molecular flexibility index (Phi) is 3.60. The Balaban J connectivity index is 1.51. The number of hydrogen-bond donors (Lipinski definition) is 2. The van der Waals surface area contributed by atoms with Crippen LogP contribution in [0, 0.1) is 12.8 Å². The molecule has 2 heterocycles. The Morgan fingerprint density at radius 3 is 3.00 bits per heavy atom. The third-order valence-corrected chi connectivity index (χ3v) is 4.41. The average Bonchev–Trinajstić information content (AvgIpc) is 3.01. The molecule has 2 aliphatic rings. The SMILES string of the molecule is Cc1ccc(CNC(=O)C2CC3CCCCC3N2)o1. The maximum absolute atomic E-state index is 12.2. The van der Waals surface area contributed by atoms with E-state index in [0.29, 0.717) is 18.5 Å². The Morgan fingerprint density at radius 1 is 1.42 bits per heavy atom. The molecule has 1 amide bonds. The topological polar surface area (TPSA) is 54.3 Å². The van der Waals surface area contributed by atoms with Crippen LogP contribution in [0.2, 0.25) is 0 Å². The van der Waals surface area contributed by atoms with Gasteiger partial charge in [0.1, 0.15) is 11.5 Å². The summed E-state index contributed by atoms with van der Waals surface area (Å²) in [4.78, 5) is 12.2. The molecule has 19 heavy (non-hydrogen) atoms. The molecule has 0 radical (unpaired) electrons. The second-order valence-electron chi connectivity index (χ2n) is 5.84. The van der Waals surface area contributed by atoms with Gasteiger partial charge in [-0.2, -0.15) is 0 Å². The van der Waals surface area contributed by atoms with Crippen LogP contribution >= 0.6 is 0 Å². The summed E-state index contributed by atoms with van der Waals surface area (Å²) in [5.74, 6) is 2.52. The van der Waals surface area contributed by atoms with E-state index in [1.165, 1.54) is 25.7 Å². The van der Waals surface area contributed by atoms with E-state index in [2.05, 4.69) is 10.6 Å². The van der Waals surface area contributed by atoms with Crippen molar-refractivity contribution < 1.29 is 9.21 Å². The van der Waals surface area contributed by atoms with Gasteiger partial charge in [0.05, 0.1) is 12.6 Å². The monoisotopic (exact) mass is 262 g/mol. The summed E-state index contributed by atoms with van der Waals surface area (Å²) in [5, 5.41) is 6.46. The van der Waals surface area contributed by atoms with Gasteiger partial charge in [-0.25, -0.2) is 0 Å². The van der Waals surface area contributed by atoms with Crippen LogP contribution in [0.1, 0.15) is 43.6 Å². The molecular formula is C15H22N2O2. The molecule has 3 atom stereocenters. The Labute approximate surface area is 113 Å².